The molecule has 0 saturated carbocycles. The van der Waals surface area contributed by atoms with Crippen molar-refractivity contribution < 1.29 is 4.79 Å². The molecule has 1 aromatic rings. The molecule has 32 heavy (non-hydrogen) atoms. The molecule has 0 radical (unpaired) electrons. The summed E-state index contributed by atoms with van der Waals surface area (Å²) in [7, 11) is 0. The van der Waals surface area contributed by atoms with Crippen LogP contribution in [0.3, 0.4) is 0 Å². The van der Waals surface area contributed by atoms with Gasteiger partial charge in [0.1, 0.15) is 0 Å². The number of hydrogen-bond donors (Lipinski definition) is 1. The second kappa shape index (κ2) is 21.8. The van der Waals surface area contributed by atoms with E-state index in [4.69, 9.17) is 11.6 Å². The topological polar surface area (TPSA) is 29.1 Å². The zero-order valence-corrected chi connectivity index (χ0v) is 21.7. The maximum Gasteiger partial charge on any atom is 0.220 e. The average Bonchev–Trinajstić information content (AvgIpc) is 2.80. The third kappa shape index (κ3) is 17.5. The minimum atomic E-state index is 0.136. The van der Waals surface area contributed by atoms with Crippen LogP contribution >= 0.6 is 11.6 Å². The molecule has 0 fully saturated rings. The lowest BCUT2D eigenvalue weighted by atomic mass is 10.0. The van der Waals surface area contributed by atoms with Gasteiger partial charge >= 0.3 is 0 Å². The highest BCUT2D eigenvalue weighted by atomic mass is 35.5. The molecule has 0 heterocycles. The van der Waals surface area contributed by atoms with E-state index in [1.807, 2.05) is 24.3 Å². The highest BCUT2D eigenvalue weighted by Gasteiger charge is 2.03. The van der Waals surface area contributed by atoms with Crippen LogP contribution in [0.25, 0.3) is 0 Å². The molecular weight excluding hydrogens is 414 g/mol. The first-order chi connectivity index (χ1) is 15.7. The number of nitrogens with one attached hydrogen (secondary N) is 1. The fourth-order valence-corrected chi connectivity index (χ4v) is 4.49. The Hall–Kier alpha value is -1.02. The Morgan fingerprint density at radius 1 is 0.656 bits per heavy atom. The van der Waals surface area contributed by atoms with Crippen LogP contribution in [0.5, 0.6) is 0 Å². The Bertz CT molecular complexity index is 560. The summed E-state index contributed by atoms with van der Waals surface area (Å²) < 4.78 is 0. The minimum Gasteiger partial charge on any atom is -0.352 e. The molecule has 0 unspecified atom stereocenters. The van der Waals surface area contributed by atoms with E-state index in [-0.39, 0.29) is 5.91 Å². The van der Waals surface area contributed by atoms with Gasteiger partial charge < -0.3 is 5.32 Å². The van der Waals surface area contributed by atoms with E-state index in [2.05, 4.69) is 12.2 Å². The number of hydrogen-bond acceptors (Lipinski definition) is 1. The van der Waals surface area contributed by atoms with Crippen molar-refractivity contribution in [2.24, 2.45) is 0 Å². The number of unbranched alkanes of at least 4 members (excludes halogenated alkanes) is 18. The Kier molecular flexibility index (Phi) is 19.8. The summed E-state index contributed by atoms with van der Waals surface area (Å²) in [5, 5.41) is 3.69. The van der Waals surface area contributed by atoms with Crippen molar-refractivity contribution in [3.63, 3.8) is 0 Å². The maximum absolute atomic E-state index is 12.0. The molecule has 0 saturated heterocycles. The van der Waals surface area contributed by atoms with Crippen molar-refractivity contribution in [2.45, 2.75) is 142 Å². The minimum absolute atomic E-state index is 0.136. The number of rotatable bonds is 22. The third-order valence-electron chi connectivity index (χ3n) is 6.44. The molecule has 0 spiro atoms. The van der Waals surface area contributed by atoms with E-state index in [0.717, 1.165) is 23.4 Å². The van der Waals surface area contributed by atoms with E-state index in [1.54, 1.807) is 0 Å². The van der Waals surface area contributed by atoms with Crippen LogP contribution in [0, 0.1) is 0 Å². The fourth-order valence-electron chi connectivity index (χ4n) is 4.29. The summed E-state index contributed by atoms with van der Waals surface area (Å²) in [6.45, 7) is 2.81. The van der Waals surface area contributed by atoms with Gasteiger partial charge in [0.15, 0.2) is 0 Å². The summed E-state index contributed by atoms with van der Waals surface area (Å²) in [5.74, 6) is 0.136. The summed E-state index contributed by atoms with van der Waals surface area (Å²) in [6, 6.07) is 7.68. The number of benzene rings is 1. The molecule has 0 aliphatic heterocycles. The van der Waals surface area contributed by atoms with Crippen LogP contribution in [0.1, 0.15) is 141 Å². The van der Waals surface area contributed by atoms with Crippen molar-refractivity contribution in [1.29, 1.82) is 0 Å². The van der Waals surface area contributed by atoms with E-state index in [1.165, 1.54) is 109 Å². The quantitative estimate of drug-likeness (QED) is 0.170. The number of carbonyl (C=O) groups excluding carboxylic acids is 1. The normalized spacial score (nSPS) is 11.1. The zero-order valence-electron chi connectivity index (χ0n) is 20.9. The summed E-state index contributed by atoms with van der Waals surface area (Å²) >= 11 is 6.12. The van der Waals surface area contributed by atoms with Gasteiger partial charge in [0.2, 0.25) is 5.91 Å². The van der Waals surface area contributed by atoms with Gasteiger partial charge in [-0.25, -0.2) is 0 Å². The van der Waals surface area contributed by atoms with Crippen LogP contribution in [-0.4, -0.2) is 5.91 Å². The molecule has 0 bridgehead atoms. The lowest BCUT2D eigenvalue weighted by Gasteiger charge is -2.07. The molecule has 0 atom stereocenters. The molecule has 0 aliphatic carbocycles. The first-order valence-electron chi connectivity index (χ1n) is 13.7. The molecular formula is C29H50ClNO. The number of amides is 1. The van der Waals surface area contributed by atoms with E-state index < -0.39 is 0 Å². The molecule has 3 heteroatoms. The van der Waals surface area contributed by atoms with Crippen molar-refractivity contribution in [1.82, 2.24) is 5.32 Å². The molecule has 1 rings (SSSR count). The lowest BCUT2D eigenvalue weighted by molar-refractivity contribution is -0.121. The van der Waals surface area contributed by atoms with E-state index in [0.29, 0.717) is 13.0 Å². The predicted molar refractivity (Wildman–Crippen MR) is 141 cm³/mol. The molecule has 0 aliphatic rings. The monoisotopic (exact) mass is 463 g/mol. The SMILES string of the molecule is CCCCCCCCCCCCCCCCCCCCCC(=O)NCc1ccccc1Cl. The van der Waals surface area contributed by atoms with Gasteiger partial charge in [-0.1, -0.05) is 152 Å². The van der Waals surface area contributed by atoms with Crippen LogP contribution in [0.4, 0.5) is 0 Å². The van der Waals surface area contributed by atoms with Gasteiger partial charge in [-0.15, -0.1) is 0 Å². The van der Waals surface area contributed by atoms with Gasteiger partial charge in [0.25, 0.3) is 0 Å². The van der Waals surface area contributed by atoms with Gasteiger partial charge in [-0.2, -0.15) is 0 Å². The Labute approximate surface area is 204 Å². The highest BCUT2D eigenvalue weighted by molar-refractivity contribution is 6.31. The average molecular weight is 464 g/mol. The first kappa shape index (κ1) is 29.0. The first-order valence-corrected chi connectivity index (χ1v) is 14.1. The lowest BCUT2D eigenvalue weighted by Crippen LogP contribution is -2.22. The van der Waals surface area contributed by atoms with Crippen molar-refractivity contribution in [3.8, 4) is 0 Å². The standard InChI is InChI=1S/C29H50ClNO/c1-2-3-4-5-6-7-8-9-10-11-12-13-14-15-16-17-18-19-20-25-29(32)31-26-27-23-21-22-24-28(27)30/h21-24H,2-20,25-26H2,1H3,(H,31,32). The predicted octanol–water partition coefficient (Wildman–Crippen LogP) is 9.78. The van der Waals surface area contributed by atoms with Crippen molar-refractivity contribution in [3.05, 3.63) is 34.9 Å². The Balaban J connectivity index is 1.75. The Morgan fingerprint density at radius 3 is 1.50 bits per heavy atom. The van der Waals surface area contributed by atoms with Crippen molar-refractivity contribution in [2.75, 3.05) is 0 Å². The van der Waals surface area contributed by atoms with E-state index in [9.17, 15) is 4.79 Å². The molecule has 0 aromatic heterocycles. The molecule has 1 amide bonds. The van der Waals surface area contributed by atoms with Crippen LogP contribution in [0.15, 0.2) is 24.3 Å². The molecule has 2 nitrogen and oxygen atoms in total. The van der Waals surface area contributed by atoms with E-state index >= 15 is 0 Å². The van der Waals surface area contributed by atoms with Crippen LogP contribution in [-0.2, 0) is 11.3 Å². The summed E-state index contributed by atoms with van der Waals surface area (Å²) in [6.07, 6.45) is 26.7. The summed E-state index contributed by atoms with van der Waals surface area (Å²) in [5.41, 5.74) is 0.982. The molecule has 184 valence electrons. The largest absolute Gasteiger partial charge is 0.352 e. The fraction of sp³-hybridized carbons (Fsp3) is 0.759. The molecule has 1 aromatic carbocycles. The zero-order chi connectivity index (χ0) is 23.1. The Morgan fingerprint density at radius 2 is 1.06 bits per heavy atom. The number of carbonyl (C=O) groups is 1. The van der Waals surface area contributed by atoms with Crippen LogP contribution < -0.4 is 5.32 Å². The van der Waals surface area contributed by atoms with Crippen molar-refractivity contribution >= 4 is 17.5 Å². The second-order valence-corrected chi connectivity index (χ2v) is 9.89. The number of halogens is 1. The van der Waals surface area contributed by atoms with Gasteiger partial charge in [-0.3, -0.25) is 4.79 Å². The smallest absolute Gasteiger partial charge is 0.220 e. The second-order valence-electron chi connectivity index (χ2n) is 9.48. The van der Waals surface area contributed by atoms with Gasteiger partial charge in [0, 0.05) is 18.0 Å². The van der Waals surface area contributed by atoms with Gasteiger partial charge in [0.05, 0.1) is 0 Å². The van der Waals surface area contributed by atoms with Crippen LogP contribution in [0.2, 0.25) is 5.02 Å². The maximum atomic E-state index is 12.0. The highest BCUT2D eigenvalue weighted by Crippen LogP contribution is 2.16. The third-order valence-corrected chi connectivity index (χ3v) is 6.81. The molecule has 1 N–H and O–H groups in total. The summed E-state index contributed by atoms with van der Waals surface area (Å²) in [4.78, 5) is 12.0. The van der Waals surface area contributed by atoms with Gasteiger partial charge in [-0.05, 0) is 18.1 Å².